The second-order valence-corrected chi connectivity index (χ2v) is 4.48. The fraction of sp³-hybridized carbons (Fsp3) is 0.231. The molecule has 1 aromatic carbocycles. The van der Waals surface area contributed by atoms with Gasteiger partial charge in [-0.3, -0.25) is 5.43 Å². The molecule has 8 heteroatoms. The summed E-state index contributed by atoms with van der Waals surface area (Å²) in [6.45, 7) is 0.515. The number of halogens is 1. The molecule has 0 unspecified atom stereocenters. The summed E-state index contributed by atoms with van der Waals surface area (Å²) in [5, 5.41) is 3.53. The van der Waals surface area contributed by atoms with E-state index in [4.69, 9.17) is 26.9 Å². The Balaban J connectivity index is 2.13. The number of hydrazine groups is 1. The van der Waals surface area contributed by atoms with Crippen molar-refractivity contribution in [2.45, 2.75) is 6.54 Å². The van der Waals surface area contributed by atoms with E-state index in [0.717, 1.165) is 5.56 Å². The van der Waals surface area contributed by atoms with E-state index in [1.54, 1.807) is 14.2 Å². The highest BCUT2D eigenvalue weighted by Gasteiger charge is 2.07. The lowest BCUT2D eigenvalue weighted by Gasteiger charge is -2.11. The Kier molecular flexibility index (Phi) is 5.02. The number of benzene rings is 1. The Morgan fingerprint density at radius 1 is 1.24 bits per heavy atom. The Labute approximate surface area is 127 Å². The van der Waals surface area contributed by atoms with Crippen LogP contribution in [0.4, 0.5) is 11.8 Å². The molecule has 0 spiro atoms. The third-order valence-electron chi connectivity index (χ3n) is 2.78. The molecule has 7 nitrogen and oxygen atoms in total. The van der Waals surface area contributed by atoms with Crippen LogP contribution in [0.3, 0.4) is 0 Å². The van der Waals surface area contributed by atoms with Crippen LogP contribution in [0.15, 0.2) is 24.4 Å². The minimum absolute atomic E-state index is 0.286. The minimum Gasteiger partial charge on any atom is -0.493 e. The lowest BCUT2D eigenvalue weighted by atomic mass is 10.2. The molecular weight excluding hydrogens is 294 g/mol. The van der Waals surface area contributed by atoms with E-state index in [2.05, 4.69) is 20.7 Å². The zero-order valence-corrected chi connectivity index (χ0v) is 12.4. The molecule has 1 aromatic heterocycles. The Hall–Kier alpha value is -2.25. The van der Waals surface area contributed by atoms with Crippen LogP contribution in [0.25, 0.3) is 0 Å². The van der Waals surface area contributed by atoms with Crippen LogP contribution in [0.2, 0.25) is 5.02 Å². The van der Waals surface area contributed by atoms with Crippen molar-refractivity contribution in [1.82, 2.24) is 9.97 Å². The normalized spacial score (nSPS) is 10.1. The van der Waals surface area contributed by atoms with Crippen LogP contribution < -0.4 is 26.1 Å². The summed E-state index contributed by atoms with van der Waals surface area (Å²) in [4.78, 5) is 8.04. The SMILES string of the molecule is COc1ccc(CNc2nc(NN)ncc2Cl)cc1OC. The van der Waals surface area contributed by atoms with Crippen molar-refractivity contribution in [3.05, 3.63) is 35.0 Å². The topological polar surface area (TPSA) is 94.3 Å². The minimum atomic E-state index is 0.286. The summed E-state index contributed by atoms with van der Waals surface area (Å²) in [5.41, 5.74) is 3.36. The molecule has 0 atom stereocenters. The largest absolute Gasteiger partial charge is 0.493 e. The lowest BCUT2D eigenvalue weighted by Crippen LogP contribution is -2.12. The number of anilines is 2. The van der Waals surface area contributed by atoms with Gasteiger partial charge in [-0.2, -0.15) is 4.98 Å². The monoisotopic (exact) mass is 309 g/mol. The number of ether oxygens (including phenoxy) is 2. The first-order valence-electron chi connectivity index (χ1n) is 6.12. The Morgan fingerprint density at radius 2 is 2.00 bits per heavy atom. The van der Waals surface area contributed by atoms with Gasteiger partial charge in [0.15, 0.2) is 17.3 Å². The Morgan fingerprint density at radius 3 is 2.67 bits per heavy atom. The third-order valence-corrected chi connectivity index (χ3v) is 3.06. The van der Waals surface area contributed by atoms with E-state index < -0.39 is 0 Å². The number of methoxy groups -OCH3 is 2. The van der Waals surface area contributed by atoms with Gasteiger partial charge in [-0.15, -0.1) is 0 Å². The average Bonchev–Trinajstić information content (AvgIpc) is 2.53. The van der Waals surface area contributed by atoms with Crippen molar-refractivity contribution < 1.29 is 9.47 Å². The van der Waals surface area contributed by atoms with Gasteiger partial charge in [0.1, 0.15) is 5.02 Å². The fourth-order valence-corrected chi connectivity index (χ4v) is 1.89. The number of nitrogens with zero attached hydrogens (tertiary/aromatic N) is 2. The van der Waals surface area contributed by atoms with Crippen molar-refractivity contribution in [1.29, 1.82) is 0 Å². The van der Waals surface area contributed by atoms with E-state index in [1.165, 1.54) is 6.20 Å². The molecule has 2 aromatic rings. The van der Waals surface area contributed by atoms with Gasteiger partial charge in [0.2, 0.25) is 5.95 Å². The maximum Gasteiger partial charge on any atom is 0.239 e. The smallest absolute Gasteiger partial charge is 0.239 e. The molecule has 112 valence electrons. The fourth-order valence-electron chi connectivity index (χ4n) is 1.74. The molecule has 4 N–H and O–H groups in total. The van der Waals surface area contributed by atoms with Crippen LogP contribution >= 0.6 is 11.6 Å². The van der Waals surface area contributed by atoms with E-state index in [-0.39, 0.29) is 5.95 Å². The van der Waals surface area contributed by atoms with Crippen molar-refractivity contribution >= 4 is 23.4 Å². The first-order valence-corrected chi connectivity index (χ1v) is 6.49. The zero-order chi connectivity index (χ0) is 15.2. The number of nitrogens with one attached hydrogen (secondary N) is 2. The molecule has 1 heterocycles. The van der Waals surface area contributed by atoms with Crippen LogP contribution in [0.1, 0.15) is 5.56 Å². The van der Waals surface area contributed by atoms with Crippen molar-refractivity contribution in [3.8, 4) is 11.5 Å². The molecule has 0 saturated carbocycles. The molecule has 0 aliphatic carbocycles. The van der Waals surface area contributed by atoms with Gasteiger partial charge >= 0.3 is 0 Å². The van der Waals surface area contributed by atoms with Gasteiger partial charge in [0.25, 0.3) is 0 Å². The summed E-state index contributed by atoms with van der Waals surface area (Å²) in [6.07, 6.45) is 1.47. The number of rotatable bonds is 6. The third kappa shape index (κ3) is 3.65. The summed E-state index contributed by atoms with van der Waals surface area (Å²) < 4.78 is 10.5. The van der Waals surface area contributed by atoms with Gasteiger partial charge in [0.05, 0.1) is 20.4 Å². The number of nitrogen functional groups attached to an aromatic ring is 1. The Bertz CT molecular complexity index is 624. The first-order chi connectivity index (χ1) is 10.2. The summed E-state index contributed by atoms with van der Waals surface area (Å²) in [7, 11) is 3.19. The summed E-state index contributed by atoms with van der Waals surface area (Å²) >= 11 is 6.02. The highest BCUT2D eigenvalue weighted by Crippen LogP contribution is 2.28. The first kappa shape index (κ1) is 15.1. The van der Waals surface area contributed by atoms with Crippen LogP contribution in [0, 0.1) is 0 Å². The molecule has 0 fully saturated rings. The number of hydrogen-bond donors (Lipinski definition) is 3. The summed E-state index contributed by atoms with van der Waals surface area (Å²) in [6, 6.07) is 5.64. The second-order valence-electron chi connectivity index (χ2n) is 4.08. The maximum absolute atomic E-state index is 6.02. The highest BCUT2D eigenvalue weighted by atomic mass is 35.5. The highest BCUT2D eigenvalue weighted by molar-refractivity contribution is 6.32. The standard InChI is InChI=1S/C13H16ClN5O2/c1-20-10-4-3-8(5-11(10)21-2)6-16-12-9(14)7-17-13(18-12)19-15/h3-5,7H,6,15H2,1-2H3,(H2,16,17,18,19). The molecule has 0 saturated heterocycles. The zero-order valence-electron chi connectivity index (χ0n) is 11.7. The van der Waals surface area contributed by atoms with E-state index in [0.29, 0.717) is 28.9 Å². The number of nitrogens with two attached hydrogens (primary N) is 1. The molecule has 0 aliphatic heterocycles. The van der Waals surface area contributed by atoms with Crippen molar-refractivity contribution in [3.63, 3.8) is 0 Å². The number of hydrogen-bond acceptors (Lipinski definition) is 7. The molecule has 0 radical (unpaired) electrons. The van der Waals surface area contributed by atoms with Crippen LogP contribution in [-0.4, -0.2) is 24.2 Å². The molecular formula is C13H16ClN5O2. The molecule has 0 bridgehead atoms. The van der Waals surface area contributed by atoms with Gasteiger partial charge in [-0.25, -0.2) is 10.8 Å². The van der Waals surface area contributed by atoms with Crippen molar-refractivity contribution in [2.75, 3.05) is 25.0 Å². The van der Waals surface area contributed by atoms with E-state index in [1.807, 2.05) is 18.2 Å². The van der Waals surface area contributed by atoms with Gasteiger partial charge in [-0.05, 0) is 17.7 Å². The molecule has 0 aliphatic rings. The van der Waals surface area contributed by atoms with Gasteiger partial charge in [-0.1, -0.05) is 17.7 Å². The average molecular weight is 310 g/mol. The van der Waals surface area contributed by atoms with Gasteiger partial charge < -0.3 is 14.8 Å². The number of aromatic nitrogens is 2. The van der Waals surface area contributed by atoms with Crippen LogP contribution in [-0.2, 0) is 6.54 Å². The summed E-state index contributed by atoms with van der Waals surface area (Å²) in [5.74, 6) is 7.39. The molecule has 21 heavy (non-hydrogen) atoms. The maximum atomic E-state index is 6.02. The van der Waals surface area contributed by atoms with Crippen molar-refractivity contribution in [2.24, 2.45) is 5.84 Å². The molecule has 2 rings (SSSR count). The van der Waals surface area contributed by atoms with Gasteiger partial charge in [0, 0.05) is 6.54 Å². The van der Waals surface area contributed by atoms with Crippen LogP contribution in [0.5, 0.6) is 11.5 Å². The predicted molar refractivity (Wildman–Crippen MR) is 81.7 cm³/mol. The van der Waals surface area contributed by atoms with E-state index >= 15 is 0 Å². The lowest BCUT2D eigenvalue weighted by molar-refractivity contribution is 0.354. The predicted octanol–water partition coefficient (Wildman–Crippen LogP) is 2.04. The second kappa shape index (κ2) is 6.96. The van der Waals surface area contributed by atoms with E-state index in [9.17, 15) is 0 Å². The molecule has 0 amide bonds. The quantitative estimate of drug-likeness (QED) is 0.555.